The predicted octanol–water partition coefficient (Wildman–Crippen LogP) is 1.36. The lowest BCUT2D eigenvalue weighted by molar-refractivity contribution is 0.0536. The Bertz CT molecular complexity index is 1230. The predicted molar refractivity (Wildman–Crippen MR) is 114 cm³/mol. The lowest BCUT2D eigenvalue weighted by atomic mass is 10.1. The number of benzene rings is 1. The van der Waals surface area contributed by atoms with Gasteiger partial charge in [0.05, 0.1) is 18.5 Å². The molecule has 0 unspecified atom stereocenters. The highest BCUT2D eigenvalue weighted by molar-refractivity contribution is 6.03. The van der Waals surface area contributed by atoms with E-state index in [0.717, 1.165) is 5.56 Å². The molecule has 4 aromatic rings. The molecule has 0 radical (unpaired) electrons. The maximum absolute atomic E-state index is 12.7. The molecule has 5 N–H and O–H groups in total. The lowest BCUT2D eigenvalue weighted by Crippen LogP contribution is -2.21. The van der Waals surface area contributed by atoms with Gasteiger partial charge in [0, 0.05) is 23.5 Å². The number of ether oxygens (including phenoxy) is 1. The third kappa shape index (κ3) is 4.60. The van der Waals surface area contributed by atoms with E-state index in [1.807, 2.05) is 6.07 Å². The van der Waals surface area contributed by atoms with Gasteiger partial charge >= 0.3 is 0 Å². The molecule has 0 saturated carbocycles. The van der Waals surface area contributed by atoms with Gasteiger partial charge in [-0.2, -0.15) is 5.10 Å². The van der Waals surface area contributed by atoms with Gasteiger partial charge in [-0.05, 0) is 30.3 Å². The molecule has 1 aromatic carbocycles. The second kappa shape index (κ2) is 8.78. The molecule has 10 nitrogen and oxygen atoms in total. The Hall–Kier alpha value is -4.02. The van der Waals surface area contributed by atoms with Crippen LogP contribution in [0, 0.1) is 0 Å². The topological polar surface area (TPSA) is 148 Å². The van der Waals surface area contributed by atoms with E-state index in [1.54, 1.807) is 42.5 Å². The van der Waals surface area contributed by atoms with E-state index >= 15 is 0 Å². The molecular weight excluding hydrogens is 400 g/mol. The molecule has 0 aliphatic carbocycles. The van der Waals surface area contributed by atoms with E-state index in [2.05, 4.69) is 20.4 Å². The second-order valence-electron chi connectivity index (χ2n) is 6.74. The van der Waals surface area contributed by atoms with Crippen molar-refractivity contribution in [3.8, 4) is 17.0 Å². The summed E-state index contributed by atoms with van der Waals surface area (Å²) in [7, 11) is 0. The number of hydrogen-bond donors (Lipinski definition) is 4. The number of rotatable bonds is 7. The van der Waals surface area contributed by atoms with E-state index in [9.17, 15) is 9.90 Å². The zero-order chi connectivity index (χ0) is 21.8. The summed E-state index contributed by atoms with van der Waals surface area (Å²) < 4.78 is 6.94. The number of nitrogens with two attached hydrogens (primary N) is 1. The second-order valence-corrected chi connectivity index (χ2v) is 6.74. The van der Waals surface area contributed by atoms with Crippen LogP contribution in [0.15, 0.2) is 60.9 Å². The Morgan fingerprint density at radius 3 is 2.87 bits per heavy atom. The number of nitrogens with one attached hydrogen (secondary N) is 1. The van der Waals surface area contributed by atoms with E-state index in [-0.39, 0.29) is 18.9 Å². The van der Waals surface area contributed by atoms with Crippen molar-refractivity contribution in [2.75, 3.05) is 24.3 Å². The first-order valence-electron chi connectivity index (χ1n) is 9.43. The molecule has 0 saturated heterocycles. The molecular formula is C21H20N6O4. The third-order valence-electron chi connectivity index (χ3n) is 4.40. The first kappa shape index (κ1) is 20.3. The number of pyridine rings is 1. The van der Waals surface area contributed by atoms with Gasteiger partial charge in [0.25, 0.3) is 5.91 Å². The van der Waals surface area contributed by atoms with E-state index in [1.165, 1.54) is 16.9 Å². The quantitative estimate of drug-likeness (QED) is 0.350. The smallest absolute Gasteiger partial charge is 0.277 e. The van der Waals surface area contributed by atoms with Crippen molar-refractivity contribution in [2.45, 2.75) is 6.10 Å². The monoisotopic (exact) mass is 420 g/mol. The summed E-state index contributed by atoms with van der Waals surface area (Å²) in [4.78, 5) is 21.0. The SMILES string of the molecule is Nc1ccnc(NC(=O)c2cnc3ccc(-c4cccc(OC[C@H](O)CO)c4)nn23)c1. The van der Waals surface area contributed by atoms with Crippen LogP contribution in [0.25, 0.3) is 16.9 Å². The Kier molecular flexibility index (Phi) is 5.74. The summed E-state index contributed by atoms with van der Waals surface area (Å²) in [5, 5.41) is 25.6. The fourth-order valence-electron chi connectivity index (χ4n) is 2.87. The van der Waals surface area contributed by atoms with Crippen LogP contribution in [-0.4, -0.2) is 55.0 Å². The number of carbonyl (C=O) groups is 1. The normalized spacial score (nSPS) is 11.9. The van der Waals surface area contributed by atoms with Crippen molar-refractivity contribution >= 4 is 23.1 Å². The Morgan fingerprint density at radius 1 is 1.19 bits per heavy atom. The summed E-state index contributed by atoms with van der Waals surface area (Å²) in [6, 6.07) is 13.8. The zero-order valence-corrected chi connectivity index (χ0v) is 16.3. The van der Waals surface area contributed by atoms with Gasteiger partial charge in [-0.3, -0.25) is 4.79 Å². The van der Waals surface area contributed by atoms with E-state index in [4.69, 9.17) is 15.6 Å². The summed E-state index contributed by atoms with van der Waals surface area (Å²) >= 11 is 0. The van der Waals surface area contributed by atoms with Crippen molar-refractivity contribution in [3.63, 3.8) is 0 Å². The first-order chi connectivity index (χ1) is 15.0. The molecule has 0 aliphatic heterocycles. The van der Waals surface area contributed by atoms with Crippen LogP contribution in [-0.2, 0) is 0 Å². The first-order valence-corrected chi connectivity index (χ1v) is 9.43. The molecule has 0 fully saturated rings. The molecule has 0 aliphatic rings. The number of aliphatic hydroxyl groups excluding tert-OH is 2. The summed E-state index contributed by atoms with van der Waals surface area (Å²) in [5.74, 6) is 0.416. The molecule has 31 heavy (non-hydrogen) atoms. The molecule has 10 heteroatoms. The average Bonchev–Trinajstić information content (AvgIpc) is 3.21. The minimum atomic E-state index is -0.959. The van der Waals surface area contributed by atoms with E-state index < -0.39 is 12.0 Å². The number of carbonyl (C=O) groups excluding carboxylic acids is 1. The minimum Gasteiger partial charge on any atom is -0.491 e. The van der Waals surface area contributed by atoms with Gasteiger partial charge in [-0.1, -0.05) is 12.1 Å². The van der Waals surface area contributed by atoms with Crippen LogP contribution >= 0.6 is 0 Å². The number of fused-ring (bicyclic) bond motifs is 1. The summed E-state index contributed by atoms with van der Waals surface area (Å²) in [5.41, 5.74) is 8.29. The lowest BCUT2D eigenvalue weighted by Gasteiger charge is -2.11. The van der Waals surface area contributed by atoms with Gasteiger partial charge in [-0.25, -0.2) is 14.5 Å². The third-order valence-corrected chi connectivity index (χ3v) is 4.40. The molecule has 0 spiro atoms. The number of amides is 1. The van der Waals surface area contributed by atoms with Crippen LogP contribution in [0.4, 0.5) is 11.5 Å². The maximum atomic E-state index is 12.7. The highest BCUT2D eigenvalue weighted by atomic mass is 16.5. The van der Waals surface area contributed by atoms with Crippen molar-refractivity contribution < 1.29 is 19.7 Å². The van der Waals surface area contributed by atoms with Gasteiger partial charge < -0.3 is 26.0 Å². The van der Waals surface area contributed by atoms with Crippen LogP contribution in [0.2, 0.25) is 0 Å². The fraction of sp³-hybridized carbons (Fsp3) is 0.143. The molecule has 3 heterocycles. The fourth-order valence-corrected chi connectivity index (χ4v) is 2.87. The van der Waals surface area contributed by atoms with Gasteiger partial charge in [0.15, 0.2) is 11.3 Å². The molecule has 4 rings (SSSR count). The van der Waals surface area contributed by atoms with Gasteiger partial charge in [0.1, 0.15) is 24.3 Å². The highest BCUT2D eigenvalue weighted by Crippen LogP contribution is 2.23. The molecule has 0 bridgehead atoms. The van der Waals surface area contributed by atoms with Crippen LogP contribution < -0.4 is 15.8 Å². The van der Waals surface area contributed by atoms with Crippen LogP contribution in [0.5, 0.6) is 5.75 Å². The molecule has 3 aromatic heterocycles. The Labute approximate surface area is 177 Å². The molecule has 1 atom stereocenters. The Morgan fingerprint density at radius 2 is 2.06 bits per heavy atom. The standard InChI is InChI=1S/C21H20N6O4/c22-14-6-7-23-19(9-14)25-21(30)18-10-24-20-5-4-17(26-27(18)20)13-2-1-3-16(8-13)31-12-15(29)11-28/h1-10,15,28-29H,11-12H2,(H3,22,23,25,30)/t15-/m1/s1. The molecule has 158 valence electrons. The number of nitrogens with zero attached hydrogens (tertiary/aromatic N) is 4. The number of hydrogen-bond acceptors (Lipinski definition) is 8. The van der Waals surface area contributed by atoms with E-state index in [0.29, 0.717) is 28.6 Å². The Balaban J connectivity index is 1.60. The largest absolute Gasteiger partial charge is 0.491 e. The van der Waals surface area contributed by atoms with Crippen molar-refractivity contribution in [1.29, 1.82) is 0 Å². The number of aliphatic hydroxyl groups is 2. The number of imidazole rings is 1. The van der Waals surface area contributed by atoms with Gasteiger partial charge in [0.2, 0.25) is 0 Å². The highest BCUT2D eigenvalue weighted by Gasteiger charge is 2.15. The zero-order valence-electron chi connectivity index (χ0n) is 16.3. The van der Waals surface area contributed by atoms with Crippen molar-refractivity contribution in [2.24, 2.45) is 0 Å². The number of anilines is 2. The van der Waals surface area contributed by atoms with Crippen LogP contribution in [0.1, 0.15) is 10.5 Å². The number of nitrogen functional groups attached to an aromatic ring is 1. The maximum Gasteiger partial charge on any atom is 0.277 e. The molecule has 1 amide bonds. The summed E-state index contributed by atoms with van der Waals surface area (Å²) in [6.45, 7) is -0.412. The minimum absolute atomic E-state index is 0.0315. The van der Waals surface area contributed by atoms with Crippen LogP contribution in [0.3, 0.4) is 0 Å². The van der Waals surface area contributed by atoms with Crippen molar-refractivity contribution in [3.05, 3.63) is 66.6 Å². The summed E-state index contributed by atoms with van der Waals surface area (Å²) in [6.07, 6.45) is 1.98. The average molecular weight is 420 g/mol. The number of aromatic nitrogens is 4. The van der Waals surface area contributed by atoms with Crippen molar-refractivity contribution in [1.82, 2.24) is 19.6 Å². The van der Waals surface area contributed by atoms with Gasteiger partial charge in [-0.15, -0.1) is 0 Å².